The van der Waals surface area contributed by atoms with E-state index in [9.17, 15) is 33.6 Å². The lowest BCUT2D eigenvalue weighted by molar-refractivity contribution is -0.193. The van der Waals surface area contributed by atoms with Crippen LogP contribution in [0.5, 0.6) is 5.75 Å². The predicted octanol–water partition coefficient (Wildman–Crippen LogP) is 11.7. The molecule has 2 heterocycles. The molecular weight excluding hydrogens is 1370 g/mol. The third kappa shape index (κ3) is 36.8. The van der Waals surface area contributed by atoms with E-state index in [1.165, 1.54) is 64.6 Å². The van der Waals surface area contributed by atoms with Crippen molar-refractivity contribution in [3.8, 4) is 28.0 Å². The molecule has 108 heavy (non-hydrogen) atoms. The van der Waals surface area contributed by atoms with Gasteiger partial charge < -0.3 is 36.6 Å². The average molecular weight is 1480 g/mol. The molecule has 2 aliphatic rings. The summed E-state index contributed by atoms with van der Waals surface area (Å²) in [4.78, 5) is 138. The maximum atomic E-state index is 13.6. The number of aryl methyl sites for hydroxylation is 3. The molecule has 2 saturated heterocycles. The lowest BCUT2D eigenvalue weighted by atomic mass is 9.84. The van der Waals surface area contributed by atoms with Crippen LogP contribution in [0.1, 0.15) is 171 Å². The van der Waals surface area contributed by atoms with Gasteiger partial charge in [-0.15, -0.1) is 0 Å². The predicted molar refractivity (Wildman–Crippen MR) is 414 cm³/mol. The molecule has 8 rings (SSSR count). The van der Waals surface area contributed by atoms with Crippen LogP contribution in [0.15, 0.2) is 164 Å². The zero-order valence-electron chi connectivity index (χ0n) is 64.0. The van der Waals surface area contributed by atoms with E-state index >= 15 is 0 Å². The number of hydrogen-bond acceptors (Lipinski definition) is 16. The highest BCUT2D eigenvalue weighted by atomic mass is 16.5. The van der Waals surface area contributed by atoms with Gasteiger partial charge in [-0.25, -0.2) is 5.43 Å². The van der Waals surface area contributed by atoms with Gasteiger partial charge in [0.1, 0.15) is 23.6 Å². The molecule has 6 aromatic carbocycles. The number of carbonyl (C=O) groups is 7. The summed E-state index contributed by atoms with van der Waals surface area (Å²) in [5.41, 5.74) is 12.7. The summed E-state index contributed by atoms with van der Waals surface area (Å²) < 4.78 is 5.25. The van der Waals surface area contributed by atoms with Gasteiger partial charge in [-0.3, -0.25) is 38.6 Å². The van der Waals surface area contributed by atoms with E-state index in [0.29, 0.717) is 51.6 Å². The molecule has 6 amide bonds. The number of carbonyl (C=O) groups excluding carboxylic acids is 13. The number of benzene rings is 6. The number of Topliss-reactive ketones (excluding diaryl/α,β-unsaturated/α-hetero) is 1. The summed E-state index contributed by atoms with van der Waals surface area (Å²) in [6, 6.07) is 54.5. The van der Waals surface area contributed by atoms with E-state index in [0.717, 1.165) is 108 Å². The van der Waals surface area contributed by atoms with E-state index in [4.69, 9.17) is 33.5 Å². The molecule has 2 aliphatic heterocycles. The van der Waals surface area contributed by atoms with E-state index in [-0.39, 0.29) is 83.9 Å². The monoisotopic (exact) mass is 1480 g/mol. The SMILES string of the molecule is CCCCCC[C@@H](CCc1ccc(-c2ccccc2)cc1)C(=O)C[C@@H](Cc1ccc(OC)cc1)C(=O)NC.CCCCCC[C@@H](CCc1ccc(-c2ccccc2)cc1)C(=O)N1NCCC[C@H]1C(=O)NC.CNC(=O)[C@@H]1CCCCNC(=O)CCCN[C@@H](CCc2ccccc2)C(=O)N1.O=C=O.O=C=O.O=C=O. The summed E-state index contributed by atoms with van der Waals surface area (Å²) in [6.45, 7) is 6.32. The summed E-state index contributed by atoms with van der Waals surface area (Å²) in [5.74, 6) is 0.119. The zero-order chi connectivity index (χ0) is 78.9. The van der Waals surface area contributed by atoms with E-state index in [1.54, 1.807) is 33.3 Å². The molecule has 0 bridgehead atoms. The van der Waals surface area contributed by atoms with Crippen LogP contribution in [0.25, 0.3) is 22.3 Å². The maximum absolute atomic E-state index is 13.6. The van der Waals surface area contributed by atoms with Crippen LogP contribution >= 0.6 is 0 Å². The van der Waals surface area contributed by atoms with E-state index in [1.807, 2.05) is 66.7 Å². The fourth-order valence-electron chi connectivity index (χ4n) is 13.0. The Kier molecular flexibility index (Phi) is 48.4. The molecule has 6 aromatic rings. The lowest BCUT2D eigenvalue weighted by Crippen LogP contribution is -2.59. The third-order valence-electron chi connectivity index (χ3n) is 19.0. The summed E-state index contributed by atoms with van der Waals surface area (Å²) in [6.07, 6.45) is 22.0. The Morgan fingerprint density at radius 1 is 0.500 bits per heavy atom. The highest BCUT2D eigenvalue weighted by Gasteiger charge is 2.35. The Morgan fingerprint density at radius 2 is 0.991 bits per heavy atom. The second-order valence-corrected chi connectivity index (χ2v) is 26.6. The molecule has 2 fully saturated rings. The number of methoxy groups -OCH3 is 1. The fourth-order valence-corrected chi connectivity index (χ4v) is 13.0. The first kappa shape index (κ1) is 91.9. The minimum Gasteiger partial charge on any atom is -0.497 e. The fraction of sp³-hybridized carbons (Fsp3) is 0.465. The zero-order valence-corrected chi connectivity index (χ0v) is 64.0. The van der Waals surface area contributed by atoms with Crippen LogP contribution in [-0.2, 0) is 88.0 Å². The number of amides is 6. The molecule has 0 aromatic heterocycles. The van der Waals surface area contributed by atoms with Crippen molar-refractivity contribution in [1.29, 1.82) is 0 Å². The van der Waals surface area contributed by atoms with Crippen molar-refractivity contribution in [2.45, 2.75) is 192 Å². The van der Waals surface area contributed by atoms with E-state index < -0.39 is 18.1 Å². The number of unbranched alkanes of at least 4 members (excludes halogenated alkanes) is 6. The maximum Gasteiger partial charge on any atom is 0.373 e. The molecule has 0 aliphatic carbocycles. The average Bonchev–Trinajstić information content (AvgIpc) is 0.831. The van der Waals surface area contributed by atoms with Crippen LogP contribution < -0.4 is 42.1 Å². The minimum absolute atomic E-state index is 0.0244. The number of hydrazine groups is 1. The van der Waals surface area contributed by atoms with Gasteiger partial charge >= 0.3 is 18.5 Å². The molecule has 22 nitrogen and oxygen atoms in total. The number of hydrogen-bond donors (Lipinski definition) is 7. The van der Waals surface area contributed by atoms with Gasteiger partial charge in [0.25, 0.3) is 0 Å². The van der Waals surface area contributed by atoms with Gasteiger partial charge in [0, 0.05) is 64.8 Å². The number of rotatable bonds is 31. The number of likely N-dealkylation sites (N-methyl/N-ethyl adjacent to an activating group) is 2. The smallest absolute Gasteiger partial charge is 0.373 e. The standard InChI is InChI=1S/C34H43NO3.C28H39N3O2.C21H32N4O3.3CO2/c1-4-5-6-8-13-30(21-16-26-14-19-29(20-15-26)28-11-9-7-10-12-28)33(36)25-31(34(37)35-2)24-27-17-22-32(38-3)23-18-27;1-3-4-5-7-13-25(28(33)31-26(27(32)29-2)14-10-21-30-31)20-17-22-15-18-24(19-16-22)23-11-8-6-9-12-23;1-22-20(27)18-10-5-6-14-24-19(26)11-7-15-23-17(21(28)25-18)13-12-16-8-3-2-4-9-16;3*2-1-3/h7,9-12,14-15,17-20,22-23,30-31H,4-6,8,13,16,21,24-25H2,1-3H3,(H,35,37);6,8-9,11-12,15-16,18-19,25-26,30H,3-5,7,10,13-14,17,20-21H2,1-2H3,(H,29,32);2-4,8-9,17-18,23H,5-7,10-15H2,1H3,(H,22,27)(H,24,26)(H,25,28);;;/t30-,31+;25-,26-;17-,18-;;;/m000.../s1. The number of nitrogens with zero attached hydrogens (tertiary/aromatic N) is 1. The van der Waals surface area contributed by atoms with Gasteiger partial charge in [-0.1, -0.05) is 217 Å². The van der Waals surface area contributed by atoms with Crippen molar-refractivity contribution in [3.63, 3.8) is 0 Å². The second-order valence-electron chi connectivity index (χ2n) is 26.6. The first-order valence-electron chi connectivity index (χ1n) is 38.0. The Labute approximate surface area is 638 Å². The lowest BCUT2D eigenvalue weighted by Gasteiger charge is -2.37. The number of nitrogens with one attached hydrogen (secondary N) is 7. The molecule has 22 heteroatoms. The molecule has 0 saturated carbocycles. The second kappa shape index (κ2) is 56.9. The molecule has 6 atom stereocenters. The van der Waals surface area contributed by atoms with Crippen molar-refractivity contribution >= 4 is 59.7 Å². The number of ketones is 1. The molecule has 7 N–H and O–H groups in total. The van der Waals surface area contributed by atoms with Crippen LogP contribution in [0.3, 0.4) is 0 Å². The van der Waals surface area contributed by atoms with Crippen molar-refractivity contribution in [2.24, 2.45) is 17.8 Å². The molecular formula is C86H114N8O14. The van der Waals surface area contributed by atoms with Crippen LogP contribution in [0, 0.1) is 17.8 Å². The summed E-state index contributed by atoms with van der Waals surface area (Å²) in [5, 5.41) is 18.8. The highest BCUT2D eigenvalue weighted by molar-refractivity contribution is 5.90. The Bertz CT molecular complexity index is 3590. The van der Waals surface area contributed by atoms with Crippen LogP contribution in [0.4, 0.5) is 0 Å². The third-order valence-corrected chi connectivity index (χ3v) is 19.0. The molecule has 582 valence electrons. The van der Waals surface area contributed by atoms with Crippen LogP contribution in [0.2, 0.25) is 0 Å². The topological polar surface area (TPSA) is 319 Å². The summed E-state index contributed by atoms with van der Waals surface area (Å²) in [7, 11) is 6.50. The van der Waals surface area contributed by atoms with Crippen molar-refractivity contribution < 1.29 is 67.1 Å². The van der Waals surface area contributed by atoms with Crippen molar-refractivity contribution in [2.75, 3.05) is 47.9 Å². The van der Waals surface area contributed by atoms with Gasteiger partial charge in [-0.2, -0.15) is 28.8 Å². The van der Waals surface area contributed by atoms with Gasteiger partial charge in [0.15, 0.2) is 0 Å². The largest absolute Gasteiger partial charge is 0.497 e. The Balaban J connectivity index is 0.000000401. The van der Waals surface area contributed by atoms with E-state index in [2.05, 4.69) is 148 Å². The van der Waals surface area contributed by atoms with Gasteiger partial charge in [0.2, 0.25) is 35.4 Å². The first-order valence-corrected chi connectivity index (χ1v) is 38.0. The quantitative estimate of drug-likeness (QED) is 0.0199. The molecule has 0 spiro atoms. The Morgan fingerprint density at radius 3 is 1.50 bits per heavy atom. The minimum atomic E-state index is -0.558. The van der Waals surface area contributed by atoms with Crippen LogP contribution in [-0.4, -0.2) is 131 Å². The van der Waals surface area contributed by atoms with Gasteiger partial charge in [0.05, 0.1) is 13.2 Å². The van der Waals surface area contributed by atoms with Gasteiger partial charge in [-0.05, 0) is 159 Å². The summed E-state index contributed by atoms with van der Waals surface area (Å²) >= 11 is 0. The highest BCUT2D eigenvalue weighted by Crippen LogP contribution is 2.28. The first-order chi connectivity index (χ1) is 52.5. The number of ether oxygens (including phenoxy) is 1. The van der Waals surface area contributed by atoms with Crippen molar-refractivity contribution in [1.82, 2.24) is 42.3 Å². The molecule has 0 radical (unpaired) electrons. The van der Waals surface area contributed by atoms with Crippen molar-refractivity contribution in [3.05, 3.63) is 186 Å². The molecule has 0 unspecified atom stereocenters. The normalized spacial score (nSPS) is 15.6. The Hall–Kier alpha value is -10.3.